The van der Waals surface area contributed by atoms with Crippen molar-refractivity contribution in [2.75, 3.05) is 0 Å². The lowest BCUT2D eigenvalue weighted by atomic mass is 9.80. The molecule has 11 aromatic carbocycles. The Morgan fingerprint density at radius 2 is 0.746 bits per heavy atom. The van der Waals surface area contributed by atoms with Crippen LogP contribution in [-0.2, 0) is 0 Å². The molecule has 13 rings (SSSR count). The van der Waals surface area contributed by atoms with Gasteiger partial charge in [-0.3, -0.25) is 0 Å². The van der Waals surface area contributed by atoms with Crippen LogP contribution in [0.1, 0.15) is 0 Å². The van der Waals surface area contributed by atoms with E-state index in [-0.39, 0.29) is 0 Å². The number of aromatic nitrogens is 1. The highest BCUT2D eigenvalue weighted by molar-refractivity contribution is 6.31. The van der Waals surface area contributed by atoms with Gasteiger partial charge >= 0.3 is 0 Å². The first-order valence-electron chi connectivity index (χ1n) is 21.7. The molecule has 1 aliphatic rings. The Bertz CT molecular complexity index is 4010. The Morgan fingerprint density at radius 1 is 0.302 bits per heavy atom. The molecule has 63 heavy (non-hydrogen) atoms. The molecule has 1 heteroatoms. The third kappa shape index (κ3) is 5.41. The van der Waals surface area contributed by atoms with Crippen LogP contribution in [0.5, 0.6) is 0 Å². The molecule has 0 radical (unpaired) electrons. The fourth-order valence-electron chi connectivity index (χ4n) is 10.6. The highest BCUT2D eigenvalue weighted by Crippen LogP contribution is 2.51. The quantitative estimate of drug-likeness (QED) is 0.162. The summed E-state index contributed by atoms with van der Waals surface area (Å²) in [7, 11) is 0. The van der Waals surface area contributed by atoms with Crippen molar-refractivity contribution in [1.29, 1.82) is 0 Å². The lowest BCUT2D eigenvalue weighted by Crippen LogP contribution is -2.24. The van der Waals surface area contributed by atoms with Gasteiger partial charge in [-0.15, -0.1) is 5.73 Å². The molecular formula is C62H37N. The van der Waals surface area contributed by atoms with Crippen LogP contribution >= 0.6 is 0 Å². The largest absolute Gasteiger partial charge is 0.246 e. The second-order valence-corrected chi connectivity index (χ2v) is 16.6. The predicted octanol–water partition coefficient (Wildman–Crippen LogP) is 15.1. The van der Waals surface area contributed by atoms with Gasteiger partial charge in [0.05, 0.1) is 11.2 Å². The molecule has 0 unspecified atom stereocenters. The molecule has 12 aromatic rings. The van der Waals surface area contributed by atoms with Crippen LogP contribution in [0.4, 0.5) is 0 Å². The minimum atomic E-state index is 0.952. The van der Waals surface area contributed by atoms with Crippen LogP contribution in [-0.4, -0.2) is 4.98 Å². The number of nitrogens with zero attached hydrogens (tertiary/aromatic N) is 1. The second-order valence-electron chi connectivity index (χ2n) is 16.6. The first-order chi connectivity index (χ1) is 31.3. The molecule has 1 nitrogen and oxygen atoms in total. The Morgan fingerprint density at radius 3 is 1.33 bits per heavy atom. The Balaban J connectivity index is 1.10. The number of benzene rings is 11. The summed E-state index contributed by atoms with van der Waals surface area (Å²) in [4.78, 5) is 5.36. The number of allylic oxidation sites excluding steroid dienone is 3. The van der Waals surface area contributed by atoms with E-state index in [0.717, 1.165) is 32.6 Å². The van der Waals surface area contributed by atoms with Crippen LogP contribution in [0.15, 0.2) is 218 Å². The Kier molecular flexibility index (Phi) is 7.93. The molecule has 0 aliphatic heterocycles. The molecule has 0 amide bonds. The van der Waals surface area contributed by atoms with E-state index in [2.05, 4.69) is 218 Å². The maximum Gasteiger partial charge on any atom is 0.0865 e. The van der Waals surface area contributed by atoms with E-state index in [9.17, 15) is 0 Å². The zero-order valence-corrected chi connectivity index (χ0v) is 34.3. The molecule has 0 saturated carbocycles. The van der Waals surface area contributed by atoms with Crippen LogP contribution < -0.4 is 10.4 Å². The molecule has 1 aromatic heterocycles. The lowest BCUT2D eigenvalue weighted by molar-refractivity contribution is 1.38. The Labute approximate surface area is 364 Å². The highest BCUT2D eigenvalue weighted by Gasteiger charge is 2.24. The van der Waals surface area contributed by atoms with Gasteiger partial charge in [0.15, 0.2) is 0 Å². The normalized spacial score (nSPS) is 12.3. The average Bonchev–Trinajstić information content (AvgIpc) is 3.61. The molecule has 290 valence electrons. The van der Waals surface area contributed by atoms with Crippen molar-refractivity contribution in [1.82, 2.24) is 4.98 Å². The number of pyridine rings is 1. The summed E-state index contributed by atoms with van der Waals surface area (Å²) in [6.45, 7) is 0. The number of hydrogen-bond acceptors (Lipinski definition) is 1. The van der Waals surface area contributed by atoms with Gasteiger partial charge in [-0.25, -0.2) is 4.98 Å². The summed E-state index contributed by atoms with van der Waals surface area (Å²) < 4.78 is 0. The Hall–Kier alpha value is -8.35. The van der Waals surface area contributed by atoms with Gasteiger partial charge in [0.1, 0.15) is 0 Å². The summed E-state index contributed by atoms with van der Waals surface area (Å²) in [5.74, 6) is 0. The van der Waals surface area contributed by atoms with Crippen molar-refractivity contribution < 1.29 is 0 Å². The van der Waals surface area contributed by atoms with Crippen molar-refractivity contribution >= 4 is 87.3 Å². The van der Waals surface area contributed by atoms with Crippen molar-refractivity contribution in [2.24, 2.45) is 0 Å². The molecule has 1 aliphatic carbocycles. The number of rotatable bonds is 4. The molecule has 0 bridgehead atoms. The summed E-state index contributed by atoms with van der Waals surface area (Å²) in [6, 6.07) is 73.8. The topological polar surface area (TPSA) is 12.9 Å². The van der Waals surface area contributed by atoms with Gasteiger partial charge in [-0.05, 0) is 115 Å². The molecule has 0 spiro atoms. The second kappa shape index (κ2) is 14.1. The van der Waals surface area contributed by atoms with Crippen LogP contribution in [0.3, 0.4) is 0 Å². The summed E-state index contributed by atoms with van der Waals surface area (Å²) >= 11 is 0. The average molecular weight is 796 g/mol. The monoisotopic (exact) mass is 795 g/mol. The molecule has 0 fully saturated rings. The number of hydrogen-bond donors (Lipinski definition) is 0. The van der Waals surface area contributed by atoms with E-state index < -0.39 is 0 Å². The SMILES string of the molecule is C1=CC=CC=c2ccc3ccc(-c4ccc(-c5c6ccccc6c(-c6c7ccccc7c(-c7cccc8ccccc78)c7ccccc67)c6ccccc56)c5ccccc45)nc3c2=1. The minimum Gasteiger partial charge on any atom is -0.246 e. The molecule has 0 N–H and O–H groups in total. The summed E-state index contributed by atoms with van der Waals surface area (Å²) in [6.07, 6.45) is 8.20. The van der Waals surface area contributed by atoms with Gasteiger partial charge < -0.3 is 0 Å². The minimum absolute atomic E-state index is 0.952. The van der Waals surface area contributed by atoms with Crippen LogP contribution in [0, 0.1) is 0 Å². The van der Waals surface area contributed by atoms with E-state index in [0.29, 0.717) is 0 Å². The van der Waals surface area contributed by atoms with E-state index in [4.69, 9.17) is 4.98 Å². The maximum atomic E-state index is 5.36. The fourth-order valence-corrected chi connectivity index (χ4v) is 10.6. The van der Waals surface area contributed by atoms with E-state index in [1.54, 1.807) is 0 Å². The van der Waals surface area contributed by atoms with Gasteiger partial charge in [-0.2, -0.15) is 0 Å². The van der Waals surface area contributed by atoms with Gasteiger partial charge in [0, 0.05) is 16.2 Å². The zero-order valence-electron chi connectivity index (χ0n) is 34.3. The lowest BCUT2D eigenvalue weighted by Gasteiger charge is -2.23. The van der Waals surface area contributed by atoms with Gasteiger partial charge in [-0.1, -0.05) is 212 Å². The third-order valence-corrected chi connectivity index (χ3v) is 13.2. The summed E-state index contributed by atoms with van der Waals surface area (Å²) in [5.41, 5.74) is 14.0. The highest BCUT2D eigenvalue weighted by atomic mass is 14.7. The summed E-state index contributed by atoms with van der Waals surface area (Å²) in [5, 5.41) is 18.1. The van der Waals surface area contributed by atoms with E-state index >= 15 is 0 Å². The fraction of sp³-hybridized carbons (Fsp3) is 0. The van der Waals surface area contributed by atoms with Crippen LogP contribution in [0.25, 0.3) is 132 Å². The van der Waals surface area contributed by atoms with E-state index in [1.807, 2.05) is 12.2 Å². The van der Waals surface area contributed by atoms with Crippen molar-refractivity contribution in [3.63, 3.8) is 0 Å². The number of fused-ring (bicyclic) bond motifs is 9. The zero-order chi connectivity index (χ0) is 41.4. The standard InChI is InChI=1S/C62H37N/c1-2-17-40-33-34-41-35-38-57(63-62(41)43(40)21-3-1)46-36-37-56(45-23-7-6-22-44(45)46)59-50-26-10-14-30-54(50)61(55-31-15-11-27-51(55)59)60-52-28-12-8-24-48(52)58(49-25-9-13-29-53(49)60)47-32-16-19-39-18-4-5-20-42(39)47/h1-20,22-38H. The first-order valence-corrected chi connectivity index (χ1v) is 21.7. The molecule has 0 saturated heterocycles. The first kappa shape index (κ1) is 35.4. The van der Waals surface area contributed by atoms with Crippen molar-refractivity contribution in [2.45, 2.75) is 0 Å². The molecular weight excluding hydrogens is 759 g/mol. The maximum absolute atomic E-state index is 5.36. The third-order valence-electron chi connectivity index (χ3n) is 13.2. The smallest absolute Gasteiger partial charge is 0.0865 e. The predicted molar refractivity (Wildman–Crippen MR) is 269 cm³/mol. The van der Waals surface area contributed by atoms with Crippen molar-refractivity contribution in [3.05, 3.63) is 229 Å². The molecule has 1 heterocycles. The molecule has 0 atom stereocenters. The van der Waals surface area contributed by atoms with Crippen LogP contribution in [0.2, 0.25) is 0 Å². The van der Waals surface area contributed by atoms with Gasteiger partial charge in [0.25, 0.3) is 0 Å². The van der Waals surface area contributed by atoms with Crippen molar-refractivity contribution in [3.8, 4) is 44.6 Å². The van der Waals surface area contributed by atoms with Gasteiger partial charge in [0.2, 0.25) is 0 Å². The van der Waals surface area contributed by atoms with E-state index in [1.165, 1.54) is 98.0 Å².